The maximum atomic E-state index is 13.0. The van der Waals surface area contributed by atoms with Crippen molar-refractivity contribution in [2.45, 2.75) is 44.9 Å². The first-order chi connectivity index (χ1) is 13.2. The average Bonchev–Trinajstić information content (AvgIpc) is 2.66. The lowest BCUT2D eigenvalue weighted by molar-refractivity contribution is -0.0503. The molecule has 4 saturated carbocycles. The van der Waals surface area contributed by atoms with Crippen molar-refractivity contribution >= 4 is 5.91 Å². The van der Waals surface area contributed by atoms with Crippen LogP contribution in [-0.2, 0) is 6.42 Å². The van der Waals surface area contributed by atoms with Gasteiger partial charge in [-0.25, -0.2) is 0 Å². The molecule has 4 bridgehead atoms. The molecule has 0 aromatic heterocycles. The van der Waals surface area contributed by atoms with E-state index in [1.807, 2.05) is 24.3 Å². The highest BCUT2D eigenvalue weighted by molar-refractivity contribution is 5.95. The maximum Gasteiger partial charge on any atom is 0.251 e. The highest BCUT2D eigenvalue weighted by Gasteiger charge is 2.50. The van der Waals surface area contributed by atoms with Gasteiger partial charge in [-0.2, -0.15) is 0 Å². The number of rotatable bonds is 5. The van der Waals surface area contributed by atoms with Crippen molar-refractivity contribution in [2.75, 3.05) is 6.54 Å². The number of hydrogen-bond donors (Lipinski definition) is 1. The second-order valence-corrected chi connectivity index (χ2v) is 9.42. The average molecular weight is 360 g/mol. The minimum atomic E-state index is 0.109. The molecule has 0 saturated heterocycles. The predicted molar refractivity (Wildman–Crippen MR) is 109 cm³/mol. The van der Waals surface area contributed by atoms with Crippen LogP contribution in [0.2, 0.25) is 0 Å². The van der Waals surface area contributed by atoms with Crippen molar-refractivity contribution in [3.8, 4) is 0 Å². The molecule has 0 spiro atoms. The quantitative estimate of drug-likeness (QED) is 0.779. The minimum Gasteiger partial charge on any atom is -0.351 e. The molecule has 6 rings (SSSR count). The highest BCUT2D eigenvalue weighted by Crippen LogP contribution is 2.59. The number of amides is 1. The number of carbonyl (C=O) groups excluding carboxylic acids is 1. The largest absolute Gasteiger partial charge is 0.351 e. The summed E-state index contributed by atoms with van der Waals surface area (Å²) in [6, 6.07) is 18.5. The Hall–Kier alpha value is -2.09. The van der Waals surface area contributed by atoms with Gasteiger partial charge in [0.1, 0.15) is 0 Å². The van der Waals surface area contributed by atoms with E-state index in [1.54, 1.807) is 0 Å². The Kier molecular flexibility index (Phi) is 4.30. The van der Waals surface area contributed by atoms with E-state index in [-0.39, 0.29) is 5.91 Å². The van der Waals surface area contributed by atoms with Crippen LogP contribution in [-0.4, -0.2) is 12.5 Å². The van der Waals surface area contributed by atoms with Gasteiger partial charge >= 0.3 is 0 Å². The summed E-state index contributed by atoms with van der Waals surface area (Å²) < 4.78 is 0. The third-order valence-electron chi connectivity index (χ3n) is 7.29. The lowest BCUT2D eigenvalue weighted by Crippen LogP contribution is -2.51. The molecule has 0 unspecified atom stereocenters. The molecule has 0 aliphatic heterocycles. The second kappa shape index (κ2) is 6.82. The Balaban J connectivity index is 1.29. The number of carbonyl (C=O) groups is 1. The number of nitrogens with one attached hydrogen (secondary N) is 1. The molecule has 2 heteroatoms. The first-order valence-electron chi connectivity index (χ1n) is 10.6. The van der Waals surface area contributed by atoms with Crippen LogP contribution in [0.15, 0.2) is 54.6 Å². The Labute approximate surface area is 162 Å². The first-order valence-corrected chi connectivity index (χ1v) is 10.6. The molecule has 4 fully saturated rings. The second-order valence-electron chi connectivity index (χ2n) is 9.42. The predicted octanol–water partition coefficient (Wildman–Crippen LogP) is 5.22. The lowest BCUT2D eigenvalue weighted by Gasteiger charge is -2.56. The van der Waals surface area contributed by atoms with E-state index in [0.29, 0.717) is 5.41 Å². The standard InChI is InChI=1S/C25H29NO/c27-24(23-9-5-4-8-22(23)13-18-6-2-1-3-7-18)26-17-25-14-19-10-20(15-25)12-21(11-19)16-25/h1-9,19-21H,10-17H2,(H,26,27). The Morgan fingerprint density at radius 2 is 1.44 bits per heavy atom. The van der Waals surface area contributed by atoms with Crippen molar-refractivity contribution in [2.24, 2.45) is 23.2 Å². The molecule has 2 aromatic carbocycles. The van der Waals surface area contributed by atoms with Crippen LogP contribution >= 0.6 is 0 Å². The van der Waals surface area contributed by atoms with Gasteiger partial charge in [0.25, 0.3) is 5.91 Å². The van der Waals surface area contributed by atoms with Gasteiger partial charge in [0.2, 0.25) is 0 Å². The fourth-order valence-electron chi connectivity index (χ4n) is 6.58. The van der Waals surface area contributed by atoms with Crippen LogP contribution in [0.3, 0.4) is 0 Å². The Morgan fingerprint density at radius 3 is 2.11 bits per heavy atom. The van der Waals surface area contributed by atoms with Crippen molar-refractivity contribution in [1.82, 2.24) is 5.32 Å². The summed E-state index contributed by atoms with van der Waals surface area (Å²) in [5, 5.41) is 3.34. The highest BCUT2D eigenvalue weighted by atomic mass is 16.1. The summed E-state index contributed by atoms with van der Waals surface area (Å²) in [6.45, 7) is 0.870. The Morgan fingerprint density at radius 1 is 0.852 bits per heavy atom. The third-order valence-corrected chi connectivity index (χ3v) is 7.29. The van der Waals surface area contributed by atoms with Gasteiger partial charge in [0.15, 0.2) is 0 Å². The normalized spacial score (nSPS) is 31.0. The Bertz CT molecular complexity index is 790. The van der Waals surface area contributed by atoms with E-state index in [1.165, 1.54) is 44.1 Å². The molecule has 2 aromatic rings. The van der Waals surface area contributed by atoms with Crippen molar-refractivity contribution in [3.05, 3.63) is 71.3 Å². The molecule has 27 heavy (non-hydrogen) atoms. The SMILES string of the molecule is O=C(NCC12CC3CC(CC(C3)C1)C2)c1ccccc1Cc1ccccc1. The molecule has 4 aliphatic rings. The molecule has 140 valence electrons. The first kappa shape index (κ1) is 17.0. The molecule has 1 N–H and O–H groups in total. The van der Waals surface area contributed by atoms with Gasteiger partial charge in [-0.1, -0.05) is 48.5 Å². The van der Waals surface area contributed by atoms with Crippen molar-refractivity contribution in [3.63, 3.8) is 0 Å². The van der Waals surface area contributed by atoms with Gasteiger partial charge in [-0.05, 0) is 85.3 Å². The van der Waals surface area contributed by atoms with Crippen LogP contribution < -0.4 is 5.32 Å². The van der Waals surface area contributed by atoms with Gasteiger partial charge in [-0.15, -0.1) is 0 Å². The zero-order valence-electron chi connectivity index (χ0n) is 16.0. The van der Waals surface area contributed by atoms with Crippen LogP contribution in [0.1, 0.15) is 60.0 Å². The number of benzene rings is 2. The molecular formula is C25H29NO. The summed E-state index contributed by atoms with van der Waals surface area (Å²) in [7, 11) is 0. The zero-order chi connectivity index (χ0) is 18.3. The lowest BCUT2D eigenvalue weighted by atomic mass is 9.49. The fraction of sp³-hybridized carbons (Fsp3) is 0.480. The van der Waals surface area contributed by atoms with Gasteiger partial charge in [-0.3, -0.25) is 4.79 Å². The summed E-state index contributed by atoms with van der Waals surface area (Å²) in [5.41, 5.74) is 3.59. The van der Waals surface area contributed by atoms with Crippen LogP contribution in [0.4, 0.5) is 0 Å². The molecule has 1 amide bonds. The smallest absolute Gasteiger partial charge is 0.251 e. The summed E-state index contributed by atoms with van der Waals surface area (Å²) in [6.07, 6.45) is 9.18. The van der Waals surface area contributed by atoms with E-state index in [9.17, 15) is 4.79 Å². The fourth-order valence-corrected chi connectivity index (χ4v) is 6.58. The maximum absolute atomic E-state index is 13.0. The zero-order valence-corrected chi connectivity index (χ0v) is 16.0. The summed E-state index contributed by atoms with van der Waals surface area (Å²) in [4.78, 5) is 13.0. The topological polar surface area (TPSA) is 29.1 Å². The number of hydrogen-bond acceptors (Lipinski definition) is 1. The van der Waals surface area contributed by atoms with E-state index in [2.05, 4.69) is 35.6 Å². The van der Waals surface area contributed by atoms with Crippen LogP contribution in [0, 0.1) is 23.2 Å². The van der Waals surface area contributed by atoms with E-state index in [0.717, 1.165) is 41.8 Å². The molecule has 0 heterocycles. The molecular weight excluding hydrogens is 330 g/mol. The molecule has 0 atom stereocenters. The summed E-state index contributed by atoms with van der Waals surface area (Å²) in [5.74, 6) is 2.90. The van der Waals surface area contributed by atoms with Crippen LogP contribution in [0.5, 0.6) is 0 Å². The van der Waals surface area contributed by atoms with Crippen LogP contribution in [0.25, 0.3) is 0 Å². The van der Waals surface area contributed by atoms with Gasteiger partial charge < -0.3 is 5.32 Å². The summed E-state index contributed by atoms with van der Waals surface area (Å²) >= 11 is 0. The van der Waals surface area contributed by atoms with Gasteiger partial charge in [0.05, 0.1) is 0 Å². The van der Waals surface area contributed by atoms with E-state index in [4.69, 9.17) is 0 Å². The molecule has 4 aliphatic carbocycles. The molecule has 0 radical (unpaired) electrons. The van der Waals surface area contributed by atoms with Gasteiger partial charge in [0, 0.05) is 12.1 Å². The van der Waals surface area contributed by atoms with E-state index >= 15 is 0 Å². The third kappa shape index (κ3) is 3.42. The van der Waals surface area contributed by atoms with E-state index < -0.39 is 0 Å². The van der Waals surface area contributed by atoms with Crippen molar-refractivity contribution in [1.29, 1.82) is 0 Å². The monoisotopic (exact) mass is 359 g/mol. The minimum absolute atomic E-state index is 0.109. The molecule has 2 nitrogen and oxygen atoms in total. The van der Waals surface area contributed by atoms with Crippen molar-refractivity contribution < 1.29 is 4.79 Å².